The standard InChI is InChI=1S/C14H18BrNO3/c1-8-7-9(5-6-10(8)15)16-12(17)11(13(18)19)14(2,3)4/h5-7,11H,1-4H3,(H,16,17)(H,18,19). The van der Waals surface area contributed by atoms with Gasteiger partial charge in [0.05, 0.1) is 0 Å². The Kier molecular flexibility index (Phi) is 4.74. The van der Waals surface area contributed by atoms with Crippen LogP contribution in [0.1, 0.15) is 26.3 Å². The number of amides is 1. The topological polar surface area (TPSA) is 66.4 Å². The molecule has 0 spiro atoms. The number of aryl methyl sites for hydroxylation is 1. The first-order valence-electron chi connectivity index (χ1n) is 5.92. The molecule has 1 aromatic carbocycles. The molecule has 1 amide bonds. The first-order valence-corrected chi connectivity index (χ1v) is 6.72. The monoisotopic (exact) mass is 327 g/mol. The molecule has 0 aromatic heterocycles. The summed E-state index contributed by atoms with van der Waals surface area (Å²) in [4.78, 5) is 23.3. The third-order valence-corrected chi connectivity index (χ3v) is 3.69. The van der Waals surface area contributed by atoms with E-state index >= 15 is 0 Å². The number of nitrogens with one attached hydrogen (secondary N) is 1. The summed E-state index contributed by atoms with van der Waals surface area (Å²) in [5.74, 6) is -2.70. The summed E-state index contributed by atoms with van der Waals surface area (Å²) in [6.07, 6.45) is 0. The van der Waals surface area contributed by atoms with Gasteiger partial charge in [0, 0.05) is 10.2 Å². The van der Waals surface area contributed by atoms with E-state index < -0.39 is 23.2 Å². The molecule has 0 aliphatic carbocycles. The van der Waals surface area contributed by atoms with E-state index in [0.717, 1.165) is 10.0 Å². The fourth-order valence-corrected chi connectivity index (χ4v) is 2.06. The molecule has 1 unspecified atom stereocenters. The second-order valence-electron chi connectivity index (χ2n) is 5.59. The third-order valence-electron chi connectivity index (χ3n) is 2.80. The van der Waals surface area contributed by atoms with Gasteiger partial charge in [-0.15, -0.1) is 0 Å². The molecule has 2 N–H and O–H groups in total. The molecule has 104 valence electrons. The Morgan fingerprint density at radius 1 is 1.32 bits per heavy atom. The number of anilines is 1. The molecule has 5 heteroatoms. The van der Waals surface area contributed by atoms with Crippen LogP contribution in [-0.4, -0.2) is 17.0 Å². The molecule has 0 aliphatic heterocycles. The van der Waals surface area contributed by atoms with E-state index in [0.29, 0.717) is 5.69 Å². The predicted octanol–water partition coefficient (Wildman–Crippen LogP) is 3.44. The number of hydrogen-bond donors (Lipinski definition) is 2. The van der Waals surface area contributed by atoms with Crippen LogP contribution in [0.5, 0.6) is 0 Å². The summed E-state index contributed by atoms with van der Waals surface area (Å²) in [5, 5.41) is 11.8. The van der Waals surface area contributed by atoms with Gasteiger partial charge in [-0.1, -0.05) is 36.7 Å². The van der Waals surface area contributed by atoms with Crippen molar-refractivity contribution in [1.82, 2.24) is 0 Å². The van der Waals surface area contributed by atoms with Gasteiger partial charge in [-0.2, -0.15) is 0 Å². The Balaban J connectivity index is 2.94. The molecule has 0 aliphatic rings. The van der Waals surface area contributed by atoms with Crippen LogP contribution in [0.4, 0.5) is 5.69 Å². The fraction of sp³-hybridized carbons (Fsp3) is 0.429. The number of carbonyl (C=O) groups is 2. The highest BCUT2D eigenvalue weighted by atomic mass is 79.9. The highest BCUT2D eigenvalue weighted by Gasteiger charge is 2.37. The average Bonchev–Trinajstić information content (AvgIpc) is 2.20. The fourth-order valence-electron chi connectivity index (χ4n) is 1.81. The maximum absolute atomic E-state index is 12.1. The highest BCUT2D eigenvalue weighted by molar-refractivity contribution is 9.10. The Morgan fingerprint density at radius 2 is 1.89 bits per heavy atom. The van der Waals surface area contributed by atoms with Crippen LogP contribution >= 0.6 is 15.9 Å². The summed E-state index contributed by atoms with van der Waals surface area (Å²) >= 11 is 3.37. The van der Waals surface area contributed by atoms with Crippen molar-refractivity contribution in [2.45, 2.75) is 27.7 Å². The number of carboxylic acid groups (broad SMARTS) is 1. The van der Waals surface area contributed by atoms with Gasteiger partial charge in [-0.3, -0.25) is 9.59 Å². The van der Waals surface area contributed by atoms with Crippen molar-refractivity contribution in [1.29, 1.82) is 0 Å². The number of benzene rings is 1. The van der Waals surface area contributed by atoms with E-state index in [9.17, 15) is 14.7 Å². The normalized spacial score (nSPS) is 12.9. The van der Waals surface area contributed by atoms with Crippen LogP contribution < -0.4 is 5.32 Å². The van der Waals surface area contributed by atoms with E-state index in [4.69, 9.17) is 0 Å². The molecular formula is C14H18BrNO3. The minimum atomic E-state index is -1.11. The summed E-state index contributed by atoms with van der Waals surface area (Å²) in [6.45, 7) is 7.10. The smallest absolute Gasteiger partial charge is 0.316 e. The average molecular weight is 328 g/mol. The molecule has 19 heavy (non-hydrogen) atoms. The van der Waals surface area contributed by atoms with Gasteiger partial charge >= 0.3 is 5.97 Å². The van der Waals surface area contributed by atoms with Crippen molar-refractivity contribution in [2.24, 2.45) is 11.3 Å². The molecule has 0 saturated carbocycles. The molecule has 1 aromatic rings. The van der Waals surface area contributed by atoms with Gasteiger partial charge in [0.1, 0.15) is 5.92 Å². The van der Waals surface area contributed by atoms with Crippen molar-refractivity contribution in [3.8, 4) is 0 Å². The molecule has 0 radical (unpaired) electrons. The lowest BCUT2D eigenvalue weighted by atomic mass is 9.80. The Hall–Kier alpha value is -1.36. The Labute approximate surface area is 121 Å². The third kappa shape index (κ3) is 4.06. The molecule has 4 nitrogen and oxygen atoms in total. The number of rotatable bonds is 3. The highest BCUT2D eigenvalue weighted by Crippen LogP contribution is 2.28. The number of hydrogen-bond acceptors (Lipinski definition) is 2. The summed E-state index contributed by atoms with van der Waals surface area (Å²) in [6, 6.07) is 5.35. The van der Waals surface area contributed by atoms with Gasteiger partial charge in [0.2, 0.25) is 5.91 Å². The zero-order valence-corrected chi connectivity index (χ0v) is 13.0. The molecule has 0 heterocycles. The SMILES string of the molecule is Cc1cc(NC(=O)C(C(=O)O)C(C)(C)C)ccc1Br. The molecule has 0 bridgehead atoms. The van der Waals surface area contributed by atoms with Crippen molar-refractivity contribution < 1.29 is 14.7 Å². The van der Waals surface area contributed by atoms with Gasteiger partial charge in [-0.25, -0.2) is 0 Å². The quantitative estimate of drug-likeness (QED) is 0.835. The Bertz CT molecular complexity index is 506. The number of aliphatic carboxylic acids is 1. The lowest BCUT2D eigenvalue weighted by Gasteiger charge is -2.26. The second kappa shape index (κ2) is 5.74. The van der Waals surface area contributed by atoms with E-state index in [2.05, 4.69) is 21.2 Å². The molecule has 1 rings (SSSR count). The summed E-state index contributed by atoms with van der Waals surface area (Å²) in [5.41, 5.74) is 0.932. The lowest BCUT2D eigenvalue weighted by Crippen LogP contribution is -2.39. The van der Waals surface area contributed by atoms with Gasteiger partial charge in [-0.05, 0) is 36.1 Å². The largest absolute Gasteiger partial charge is 0.481 e. The zero-order chi connectivity index (χ0) is 14.8. The van der Waals surface area contributed by atoms with Crippen molar-refractivity contribution >= 4 is 33.5 Å². The molecule has 0 fully saturated rings. The summed E-state index contributed by atoms with van der Waals surface area (Å²) < 4.78 is 0.941. The van der Waals surface area contributed by atoms with E-state index in [1.807, 2.05) is 13.0 Å². The lowest BCUT2D eigenvalue weighted by molar-refractivity contribution is -0.149. The van der Waals surface area contributed by atoms with Crippen molar-refractivity contribution in [3.63, 3.8) is 0 Å². The van der Waals surface area contributed by atoms with Crippen LogP contribution in [0, 0.1) is 18.3 Å². The van der Waals surface area contributed by atoms with Crippen LogP contribution in [0.15, 0.2) is 22.7 Å². The van der Waals surface area contributed by atoms with E-state index in [1.165, 1.54) is 0 Å². The van der Waals surface area contributed by atoms with Gasteiger partial charge in [0.15, 0.2) is 0 Å². The van der Waals surface area contributed by atoms with Crippen LogP contribution in [0.25, 0.3) is 0 Å². The molecule has 1 atom stereocenters. The molecular weight excluding hydrogens is 310 g/mol. The summed E-state index contributed by atoms with van der Waals surface area (Å²) in [7, 11) is 0. The number of halogens is 1. The first kappa shape index (κ1) is 15.7. The predicted molar refractivity (Wildman–Crippen MR) is 78.1 cm³/mol. The maximum atomic E-state index is 12.1. The van der Waals surface area contributed by atoms with E-state index in [1.54, 1.807) is 32.9 Å². The Morgan fingerprint density at radius 3 is 2.32 bits per heavy atom. The molecule has 0 saturated heterocycles. The van der Waals surface area contributed by atoms with Crippen LogP contribution in [0.3, 0.4) is 0 Å². The minimum absolute atomic E-state index is 0.498. The minimum Gasteiger partial charge on any atom is -0.481 e. The number of carbonyl (C=O) groups excluding carboxylic acids is 1. The maximum Gasteiger partial charge on any atom is 0.316 e. The van der Waals surface area contributed by atoms with E-state index in [-0.39, 0.29) is 0 Å². The van der Waals surface area contributed by atoms with Crippen LogP contribution in [-0.2, 0) is 9.59 Å². The first-order chi connectivity index (χ1) is 8.62. The van der Waals surface area contributed by atoms with Gasteiger partial charge in [0.25, 0.3) is 0 Å². The van der Waals surface area contributed by atoms with Gasteiger partial charge < -0.3 is 10.4 Å². The second-order valence-corrected chi connectivity index (χ2v) is 6.44. The van der Waals surface area contributed by atoms with Crippen molar-refractivity contribution in [3.05, 3.63) is 28.2 Å². The van der Waals surface area contributed by atoms with Crippen LogP contribution in [0.2, 0.25) is 0 Å². The number of carboxylic acids is 1. The zero-order valence-electron chi connectivity index (χ0n) is 11.5. The van der Waals surface area contributed by atoms with Crippen molar-refractivity contribution in [2.75, 3.05) is 5.32 Å².